The molecule has 4 heteroatoms. The van der Waals surface area contributed by atoms with Crippen LogP contribution in [0, 0.1) is 6.92 Å². The quantitative estimate of drug-likeness (QED) is 0.705. The molecule has 0 saturated heterocycles. The number of aryl methyl sites for hydroxylation is 1. The third kappa shape index (κ3) is 1.65. The number of methoxy groups -OCH3 is 1. The van der Waals surface area contributed by atoms with E-state index in [1.54, 1.807) is 0 Å². The third-order valence-electron chi connectivity index (χ3n) is 1.64. The zero-order chi connectivity index (χ0) is 9.14. The van der Waals surface area contributed by atoms with Gasteiger partial charge in [0.05, 0.1) is 7.11 Å². The minimum atomic E-state index is -0.630. The van der Waals surface area contributed by atoms with Crippen molar-refractivity contribution in [2.45, 2.75) is 13.0 Å². The van der Waals surface area contributed by atoms with Crippen LogP contribution in [-0.4, -0.2) is 13.1 Å². The van der Waals surface area contributed by atoms with Crippen LogP contribution >= 0.6 is 11.3 Å². The monoisotopic (exact) mass is 185 g/mol. The Bertz CT molecular complexity index is 282. The fourth-order valence-electron chi connectivity index (χ4n) is 0.937. The SMILES string of the molecule is COC(=O)[C@@H](N)c1sccc1C. The molecule has 0 aliphatic carbocycles. The summed E-state index contributed by atoms with van der Waals surface area (Å²) in [5.41, 5.74) is 6.67. The van der Waals surface area contributed by atoms with E-state index in [4.69, 9.17) is 5.73 Å². The number of nitrogens with two attached hydrogens (primary N) is 1. The van der Waals surface area contributed by atoms with Crippen molar-refractivity contribution in [1.82, 2.24) is 0 Å². The molecule has 2 N–H and O–H groups in total. The van der Waals surface area contributed by atoms with Crippen molar-refractivity contribution >= 4 is 17.3 Å². The number of carbonyl (C=O) groups excluding carboxylic acids is 1. The van der Waals surface area contributed by atoms with Gasteiger partial charge in [0.2, 0.25) is 0 Å². The molecule has 0 radical (unpaired) electrons. The Labute approximate surface area is 75.1 Å². The minimum absolute atomic E-state index is 0.388. The Morgan fingerprint density at radius 1 is 1.75 bits per heavy atom. The van der Waals surface area contributed by atoms with Gasteiger partial charge in [0.25, 0.3) is 0 Å². The molecule has 0 aliphatic rings. The van der Waals surface area contributed by atoms with E-state index in [2.05, 4.69) is 4.74 Å². The third-order valence-corrected chi connectivity index (χ3v) is 2.74. The van der Waals surface area contributed by atoms with Gasteiger partial charge in [-0.3, -0.25) is 0 Å². The first kappa shape index (κ1) is 9.22. The molecule has 0 amide bonds. The largest absolute Gasteiger partial charge is 0.468 e. The Hall–Kier alpha value is -0.870. The van der Waals surface area contributed by atoms with Crippen molar-refractivity contribution in [2.75, 3.05) is 7.11 Å². The van der Waals surface area contributed by atoms with Crippen LogP contribution < -0.4 is 5.73 Å². The number of esters is 1. The molecule has 0 aliphatic heterocycles. The molecule has 66 valence electrons. The lowest BCUT2D eigenvalue weighted by Crippen LogP contribution is -2.22. The average molecular weight is 185 g/mol. The zero-order valence-electron chi connectivity index (χ0n) is 7.03. The maximum atomic E-state index is 11.0. The van der Waals surface area contributed by atoms with E-state index in [-0.39, 0.29) is 5.97 Å². The summed E-state index contributed by atoms with van der Waals surface area (Å²) in [4.78, 5) is 11.9. The van der Waals surface area contributed by atoms with Gasteiger partial charge < -0.3 is 10.5 Å². The lowest BCUT2D eigenvalue weighted by molar-refractivity contribution is -0.142. The zero-order valence-corrected chi connectivity index (χ0v) is 7.85. The summed E-state index contributed by atoms with van der Waals surface area (Å²) < 4.78 is 4.53. The number of carbonyl (C=O) groups is 1. The van der Waals surface area contributed by atoms with Gasteiger partial charge in [-0.2, -0.15) is 0 Å². The Kier molecular flexibility index (Phi) is 2.83. The first-order valence-corrected chi connectivity index (χ1v) is 4.42. The maximum absolute atomic E-state index is 11.0. The molecular weight excluding hydrogens is 174 g/mol. The molecule has 0 unspecified atom stereocenters. The predicted molar refractivity (Wildman–Crippen MR) is 48.0 cm³/mol. The van der Waals surface area contributed by atoms with Crippen molar-refractivity contribution in [1.29, 1.82) is 0 Å². The molecule has 0 aromatic carbocycles. The minimum Gasteiger partial charge on any atom is -0.468 e. The van der Waals surface area contributed by atoms with Crippen molar-refractivity contribution < 1.29 is 9.53 Å². The molecule has 12 heavy (non-hydrogen) atoms. The number of ether oxygens (including phenoxy) is 1. The molecule has 0 saturated carbocycles. The van der Waals surface area contributed by atoms with E-state index in [1.165, 1.54) is 18.4 Å². The van der Waals surface area contributed by atoms with Gasteiger partial charge >= 0.3 is 5.97 Å². The van der Waals surface area contributed by atoms with Gasteiger partial charge in [-0.25, -0.2) is 4.79 Å². The van der Waals surface area contributed by atoms with Crippen LogP contribution in [-0.2, 0) is 9.53 Å². The van der Waals surface area contributed by atoms with Gasteiger partial charge in [0.15, 0.2) is 0 Å². The van der Waals surface area contributed by atoms with Crippen LogP contribution in [0.15, 0.2) is 11.4 Å². The fraction of sp³-hybridized carbons (Fsp3) is 0.375. The van der Waals surface area contributed by atoms with E-state index in [9.17, 15) is 4.79 Å². The molecule has 0 spiro atoms. The number of hydrogen-bond donors (Lipinski definition) is 1. The van der Waals surface area contributed by atoms with Crippen molar-refractivity contribution in [3.63, 3.8) is 0 Å². The summed E-state index contributed by atoms with van der Waals surface area (Å²) in [5.74, 6) is -0.388. The van der Waals surface area contributed by atoms with Crippen LogP contribution in [0.2, 0.25) is 0 Å². The topological polar surface area (TPSA) is 52.3 Å². The summed E-state index contributed by atoms with van der Waals surface area (Å²) in [6.07, 6.45) is 0. The van der Waals surface area contributed by atoms with Gasteiger partial charge in [-0.15, -0.1) is 11.3 Å². The van der Waals surface area contributed by atoms with E-state index in [0.29, 0.717) is 0 Å². The molecular formula is C8H11NO2S. The maximum Gasteiger partial charge on any atom is 0.328 e. The van der Waals surface area contributed by atoms with Crippen LogP contribution in [0.5, 0.6) is 0 Å². The molecule has 1 rings (SSSR count). The van der Waals surface area contributed by atoms with E-state index in [1.807, 2.05) is 18.4 Å². The Morgan fingerprint density at radius 3 is 2.83 bits per heavy atom. The Balaban J connectivity index is 2.84. The van der Waals surface area contributed by atoms with Gasteiger partial charge in [0, 0.05) is 4.88 Å². The second-order valence-electron chi connectivity index (χ2n) is 2.47. The highest BCUT2D eigenvalue weighted by atomic mass is 32.1. The smallest absolute Gasteiger partial charge is 0.328 e. The summed E-state index contributed by atoms with van der Waals surface area (Å²) in [7, 11) is 1.34. The first-order valence-electron chi connectivity index (χ1n) is 3.54. The normalized spacial score (nSPS) is 12.6. The lowest BCUT2D eigenvalue weighted by Gasteiger charge is -2.07. The molecule has 1 atom stereocenters. The van der Waals surface area contributed by atoms with E-state index < -0.39 is 6.04 Å². The van der Waals surface area contributed by atoms with E-state index >= 15 is 0 Å². The molecule has 0 bridgehead atoms. The second kappa shape index (κ2) is 3.69. The van der Waals surface area contributed by atoms with Crippen LogP contribution in [0.1, 0.15) is 16.5 Å². The van der Waals surface area contributed by atoms with Crippen LogP contribution in [0.25, 0.3) is 0 Å². The lowest BCUT2D eigenvalue weighted by atomic mass is 10.2. The summed E-state index contributed by atoms with van der Waals surface area (Å²) >= 11 is 1.48. The van der Waals surface area contributed by atoms with Gasteiger partial charge in [-0.05, 0) is 23.9 Å². The van der Waals surface area contributed by atoms with Gasteiger partial charge in [0.1, 0.15) is 6.04 Å². The highest BCUT2D eigenvalue weighted by molar-refractivity contribution is 7.10. The van der Waals surface area contributed by atoms with E-state index in [0.717, 1.165) is 10.4 Å². The average Bonchev–Trinajstić information content (AvgIpc) is 2.48. The highest BCUT2D eigenvalue weighted by Gasteiger charge is 2.18. The van der Waals surface area contributed by atoms with Crippen molar-refractivity contribution in [3.8, 4) is 0 Å². The van der Waals surface area contributed by atoms with Crippen molar-refractivity contribution in [2.24, 2.45) is 5.73 Å². The highest BCUT2D eigenvalue weighted by Crippen LogP contribution is 2.22. The predicted octanol–water partition coefficient (Wildman–Crippen LogP) is 1.23. The first-order chi connectivity index (χ1) is 5.66. The molecule has 1 aromatic rings. The summed E-state index contributed by atoms with van der Waals surface area (Å²) in [6, 6.07) is 1.30. The molecule has 0 fully saturated rings. The number of thiophene rings is 1. The Morgan fingerprint density at radius 2 is 2.42 bits per heavy atom. The summed E-state index contributed by atoms with van der Waals surface area (Å²) in [5, 5.41) is 1.91. The second-order valence-corrected chi connectivity index (χ2v) is 3.42. The molecule has 3 nitrogen and oxygen atoms in total. The number of rotatable bonds is 2. The van der Waals surface area contributed by atoms with Gasteiger partial charge in [-0.1, -0.05) is 0 Å². The van der Waals surface area contributed by atoms with Crippen LogP contribution in [0.3, 0.4) is 0 Å². The van der Waals surface area contributed by atoms with Crippen LogP contribution in [0.4, 0.5) is 0 Å². The molecule has 1 aromatic heterocycles. The standard InChI is InChI=1S/C8H11NO2S/c1-5-3-4-12-7(5)6(9)8(10)11-2/h3-4,6H,9H2,1-2H3/t6-/m0/s1. The van der Waals surface area contributed by atoms with Crippen molar-refractivity contribution in [3.05, 3.63) is 21.9 Å². The fourth-order valence-corrected chi connectivity index (χ4v) is 1.85. The summed E-state index contributed by atoms with van der Waals surface area (Å²) in [6.45, 7) is 1.93. The number of hydrogen-bond acceptors (Lipinski definition) is 4. The molecule has 1 heterocycles.